The van der Waals surface area contributed by atoms with Gasteiger partial charge in [0.25, 0.3) is 0 Å². The van der Waals surface area contributed by atoms with Gasteiger partial charge in [-0.15, -0.1) is 5.10 Å². The van der Waals surface area contributed by atoms with Crippen molar-refractivity contribution in [2.75, 3.05) is 19.5 Å². The summed E-state index contributed by atoms with van der Waals surface area (Å²) in [5.41, 5.74) is 5.93. The summed E-state index contributed by atoms with van der Waals surface area (Å²) in [6.45, 7) is 0. The first-order valence-electron chi connectivity index (χ1n) is 10.3. The zero-order valence-corrected chi connectivity index (χ0v) is 18.7. The lowest BCUT2D eigenvalue weighted by atomic mass is 10.0. The van der Waals surface area contributed by atoms with Crippen molar-refractivity contribution in [1.29, 1.82) is 5.41 Å². The number of amidine groups is 1. The minimum atomic E-state index is -1.03. The van der Waals surface area contributed by atoms with Crippen molar-refractivity contribution >= 4 is 11.5 Å². The second-order valence-electron chi connectivity index (χ2n) is 7.37. The summed E-state index contributed by atoms with van der Waals surface area (Å²) in [5, 5.41) is 25.1. The van der Waals surface area contributed by atoms with Gasteiger partial charge in [-0.3, -0.25) is 10.4 Å². The van der Waals surface area contributed by atoms with Gasteiger partial charge in [0.1, 0.15) is 17.6 Å². The maximum absolute atomic E-state index is 15.4. The van der Waals surface area contributed by atoms with Crippen LogP contribution < -0.4 is 26.2 Å². The Morgan fingerprint density at radius 3 is 2.60 bits per heavy atom. The molecule has 2 heterocycles. The smallest absolute Gasteiger partial charge is 0.349 e. The van der Waals surface area contributed by atoms with Gasteiger partial charge in [0, 0.05) is 29.1 Å². The van der Waals surface area contributed by atoms with Crippen LogP contribution in [0.2, 0.25) is 0 Å². The van der Waals surface area contributed by atoms with Gasteiger partial charge in [0.2, 0.25) is 5.82 Å². The molecule has 0 aliphatic heterocycles. The molecule has 0 spiro atoms. The molecule has 1 atom stereocenters. The Balaban J connectivity index is 1.86. The molecule has 2 aromatic carbocycles. The molecule has 4 aromatic rings. The zero-order valence-electron chi connectivity index (χ0n) is 18.7. The highest BCUT2D eigenvalue weighted by Gasteiger charge is 2.27. The summed E-state index contributed by atoms with van der Waals surface area (Å²) < 4.78 is 26.8. The summed E-state index contributed by atoms with van der Waals surface area (Å²) in [7, 11) is 2.75. The van der Waals surface area contributed by atoms with Crippen molar-refractivity contribution in [2.24, 2.45) is 5.73 Å². The van der Waals surface area contributed by atoms with Crippen LogP contribution in [-0.4, -0.2) is 44.9 Å². The summed E-state index contributed by atoms with van der Waals surface area (Å²) in [5.74, 6) is -0.857. The topological polar surface area (TPSA) is 164 Å². The van der Waals surface area contributed by atoms with E-state index in [1.165, 1.54) is 44.7 Å². The maximum atomic E-state index is 15.4. The first kappa shape index (κ1) is 23.3. The minimum absolute atomic E-state index is 0.0323. The molecule has 12 heteroatoms. The standard InChI is InChI=1S/C23H22FN7O4/c1-34-14-10-15(18(24)17(11-14)35-2)19(28-13-7-5-12(6-8-13)20(25)26)21-29-23(33)31(30-21)22-16(32)4-3-9-27-22/h3-11,19,28,32H,1-2H3,(H3,25,26)(H,29,30,33). The Labute approximate surface area is 198 Å². The molecule has 35 heavy (non-hydrogen) atoms. The first-order valence-corrected chi connectivity index (χ1v) is 10.3. The quantitative estimate of drug-likeness (QED) is 0.190. The number of benzene rings is 2. The van der Waals surface area contributed by atoms with Gasteiger partial charge < -0.3 is 25.6 Å². The molecule has 0 saturated heterocycles. The molecular weight excluding hydrogens is 457 g/mol. The first-order chi connectivity index (χ1) is 16.8. The Hall–Kier alpha value is -4.87. The van der Waals surface area contributed by atoms with E-state index in [-0.39, 0.29) is 34.5 Å². The highest BCUT2D eigenvalue weighted by atomic mass is 19.1. The van der Waals surface area contributed by atoms with Crippen LogP contribution in [0.15, 0.2) is 59.5 Å². The number of H-pyrrole nitrogens is 1. The number of aromatic nitrogens is 4. The van der Waals surface area contributed by atoms with Crippen LogP contribution in [-0.2, 0) is 0 Å². The molecule has 0 radical (unpaired) electrons. The normalized spacial score (nSPS) is 11.6. The highest BCUT2D eigenvalue weighted by molar-refractivity contribution is 5.95. The van der Waals surface area contributed by atoms with Gasteiger partial charge in [0.05, 0.1) is 14.2 Å². The number of aromatic hydroxyl groups is 1. The number of halogens is 1. The molecule has 0 bridgehead atoms. The second-order valence-corrected chi connectivity index (χ2v) is 7.37. The molecule has 0 fully saturated rings. The third-order valence-corrected chi connectivity index (χ3v) is 5.19. The van der Waals surface area contributed by atoms with Gasteiger partial charge in [-0.05, 0) is 42.5 Å². The predicted octanol–water partition coefficient (Wildman–Crippen LogP) is 2.30. The van der Waals surface area contributed by atoms with Crippen LogP contribution in [0.25, 0.3) is 5.82 Å². The van der Waals surface area contributed by atoms with E-state index in [1.54, 1.807) is 24.3 Å². The maximum Gasteiger partial charge on any atom is 0.349 e. The van der Waals surface area contributed by atoms with Crippen molar-refractivity contribution in [3.8, 4) is 23.1 Å². The molecule has 0 amide bonds. The van der Waals surface area contributed by atoms with Crippen LogP contribution in [0.1, 0.15) is 23.0 Å². The number of hydrogen-bond acceptors (Lipinski definition) is 8. The van der Waals surface area contributed by atoms with Gasteiger partial charge in [-0.25, -0.2) is 14.2 Å². The number of aromatic amines is 1. The molecular formula is C23H22FN7O4. The molecule has 0 aliphatic carbocycles. The van der Waals surface area contributed by atoms with Crippen LogP contribution in [0.4, 0.5) is 10.1 Å². The molecule has 180 valence electrons. The van der Waals surface area contributed by atoms with Crippen LogP contribution in [0, 0.1) is 11.2 Å². The van der Waals surface area contributed by atoms with Gasteiger partial charge >= 0.3 is 5.69 Å². The Morgan fingerprint density at radius 1 is 1.23 bits per heavy atom. The fourth-order valence-electron chi connectivity index (χ4n) is 3.44. The summed E-state index contributed by atoms with van der Waals surface area (Å²) in [4.78, 5) is 19.3. The summed E-state index contributed by atoms with van der Waals surface area (Å²) in [6, 6.07) is 11.2. The molecule has 2 aromatic heterocycles. The van der Waals surface area contributed by atoms with E-state index in [0.717, 1.165) is 4.68 Å². The van der Waals surface area contributed by atoms with Crippen molar-refractivity contribution in [3.63, 3.8) is 0 Å². The van der Waals surface area contributed by atoms with Gasteiger partial charge in [-0.1, -0.05) is 0 Å². The van der Waals surface area contributed by atoms with Crippen molar-refractivity contribution in [3.05, 3.63) is 88.0 Å². The van der Waals surface area contributed by atoms with E-state index in [4.69, 9.17) is 20.6 Å². The average molecular weight is 479 g/mol. The van der Waals surface area contributed by atoms with E-state index in [2.05, 4.69) is 20.4 Å². The lowest BCUT2D eigenvalue weighted by Gasteiger charge is -2.20. The van der Waals surface area contributed by atoms with Crippen molar-refractivity contribution < 1.29 is 19.0 Å². The number of nitrogens with two attached hydrogens (primary N) is 1. The van der Waals surface area contributed by atoms with Crippen LogP contribution >= 0.6 is 0 Å². The van der Waals surface area contributed by atoms with Crippen LogP contribution in [0.5, 0.6) is 17.2 Å². The largest absolute Gasteiger partial charge is 0.504 e. The third kappa shape index (κ3) is 4.62. The van der Waals surface area contributed by atoms with Gasteiger partial charge in [0.15, 0.2) is 23.1 Å². The van der Waals surface area contributed by atoms with Crippen LogP contribution in [0.3, 0.4) is 0 Å². The summed E-state index contributed by atoms with van der Waals surface area (Å²) in [6.07, 6.45) is 1.40. The van der Waals surface area contributed by atoms with E-state index in [0.29, 0.717) is 17.0 Å². The fourth-order valence-corrected chi connectivity index (χ4v) is 3.44. The number of nitrogens with one attached hydrogen (secondary N) is 3. The Kier molecular flexibility index (Phi) is 6.36. The molecule has 11 nitrogen and oxygen atoms in total. The number of hydrogen-bond donors (Lipinski definition) is 5. The minimum Gasteiger partial charge on any atom is -0.504 e. The van der Waals surface area contributed by atoms with Crippen molar-refractivity contribution in [2.45, 2.75) is 6.04 Å². The SMILES string of the molecule is COc1cc(OC)c(F)c(C(Nc2ccc(C(=N)N)cc2)c2nn(-c3ncccc3O)c(=O)[nH]2)c1. The van der Waals surface area contributed by atoms with E-state index < -0.39 is 17.5 Å². The molecule has 6 N–H and O–H groups in total. The number of ether oxygens (including phenoxy) is 2. The molecule has 0 aliphatic rings. The zero-order chi connectivity index (χ0) is 25.1. The Morgan fingerprint density at radius 2 is 1.97 bits per heavy atom. The predicted molar refractivity (Wildman–Crippen MR) is 126 cm³/mol. The van der Waals surface area contributed by atoms with E-state index in [9.17, 15) is 9.90 Å². The number of nitrogens with zero attached hydrogens (tertiary/aromatic N) is 3. The lowest BCUT2D eigenvalue weighted by Crippen LogP contribution is -2.17. The van der Waals surface area contributed by atoms with E-state index in [1.807, 2.05) is 0 Å². The Bertz CT molecular complexity index is 1430. The number of methoxy groups -OCH3 is 2. The number of anilines is 1. The molecule has 4 rings (SSSR count). The number of rotatable bonds is 8. The molecule has 1 unspecified atom stereocenters. The number of nitrogen functional groups attached to an aromatic ring is 1. The van der Waals surface area contributed by atoms with Gasteiger partial charge in [-0.2, -0.15) is 4.68 Å². The monoisotopic (exact) mass is 479 g/mol. The lowest BCUT2D eigenvalue weighted by molar-refractivity contribution is 0.370. The van der Waals surface area contributed by atoms with Crippen molar-refractivity contribution in [1.82, 2.24) is 19.7 Å². The molecule has 0 saturated carbocycles. The second kappa shape index (κ2) is 9.55. The third-order valence-electron chi connectivity index (χ3n) is 5.19. The van der Waals surface area contributed by atoms with E-state index >= 15 is 4.39 Å². The fraction of sp³-hybridized carbons (Fsp3) is 0.130. The summed E-state index contributed by atoms with van der Waals surface area (Å²) >= 11 is 0. The number of pyridine rings is 1. The average Bonchev–Trinajstić information content (AvgIpc) is 3.24. The highest BCUT2D eigenvalue weighted by Crippen LogP contribution is 2.34.